The summed E-state index contributed by atoms with van der Waals surface area (Å²) in [5.74, 6) is -0.986. The van der Waals surface area contributed by atoms with E-state index in [9.17, 15) is 46.1 Å². The van der Waals surface area contributed by atoms with Crippen LogP contribution < -0.4 is 9.47 Å². The number of hydrogen-bond donors (Lipinski definition) is 2. The predicted octanol–water partition coefficient (Wildman–Crippen LogP) is 15.2. The molecule has 2 aliphatic carbocycles. The number of piperidine rings is 2. The molecule has 72 heavy (non-hydrogen) atoms. The number of aliphatic carboxylic acids is 2. The van der Waals surface area contributed by atoms with Crippen LogP contribution in [0.2, 0.25) is 0 Å². The fourth-order valence-electron chi connectivity index (χ4n) is 14.0. The maximum absolute atomic E-state index is 14.4. The number of ether oxygens (including phenoxy) is 2. The minimum Gasteiger partial charge on any atom is -0.490 e. The number of fused-ring (bicyclic) bond motifs is 6. The third kappa shape index (κ3) is 11.0. The van der Waals surface area contributed by atoms with Gasteiger partial charge in [-0.1, -0.05) is 63.1 Å². The Hall–Kier alpha value is -4.56. The summed E-state index contributed by atoms with van der Waals surface area (Å²) in [6.45, 7) is 8.39. The van der Waals surface area contributed by atoms with E-state index in [0.29, 0.717) is 48.3 Å². The molecular formula is C58H72F6N2O6. The summed E-state index contributed by atoms with van der Waals surface area (Å²) < 4.78 is 98.7. The highest BCUT2D eigenvalue weighted by Gasteiger charge is 2.47. The van der Waals surface area contributed by atoms with Crippen LogP contribution in [0.5, 0.6) is 11.5 Å². The standard InChI is InChI=1S/2C29H36F3NO3/c2*1-3-18-4-11-24(12-5-18)36-26-13-8-19-6-7-20(16-25(19)27(26)29(30,31)32)17(2)33-22-9-10-23(33)15-21(14-22)28(34)35/h2*6-8,13,16-18,21-24H,3-5,9-12,14-15H2,1-2H3,(H,34,35)/t2*17-,18?,21?,22?,23?,24?/m10/s1. The summed E-state index contributed by atoms with van der Waals surface area (Å²) in [6, 6.07) is 17.7. The van der Waals surface area contributed by atoms with Crippen molar-refractivity contribution in [3.63, 3.8) is 0 Å². The smallest absolute Gasteiger partial charge is 0.420 e. The first-order chi connectivity index (χ1) is 34.3. The number of carbonyl (C=O) groups is 2. The third-order valence-electron chi connectivity index (χ3n) is 18.0. The second-order valence-electron chi connectivity index (χ2n) is 22.2. The van der Waals surface area contributed by atoms with Crippen molar-refractivity contribution in [3.05, 3.63) is 82.9 Å². The van der Waals surface area contributed by atoms with Crippen LogP contribution in [0.1, 0.15) is 178 Å². The van der Waals surface area contributed by atoms with Gasteiger partial charge in [0, 0.05) is 36.3 Å². The van der Waals surface area contributed by atoms with E-state index < -0.39 is 35.4 Å². The predicted molar refractivity (Wildman–Crippen MR) is 266 cm³/mol. The highest BCUT2D eigenvalue weighted by molar-refractivity contribution is 5.90. The van der Waals surface area contributed by atoms with E-state index in [2.05, 4.69) is 23.6 Å². The van der Waals surface area contributed by atoms with Gasteiger partial charge in [-0.2, -0.15) is 26.3 Å². The number of carboxylic acid groups (broad SMARTS) is 2. The van der Waals surface area contributed by atoms with Crippen molar-refractivity contribution >= 4 is 33.5 Å². The van der Waals surface area contributed by atoms with Gasteiger partial charge in [0.25, 0.3) is 0 Å². The van der Waals surface area contributed by atoms with Gasteiger partial charge in [0.2, 0.25) is 0 Å². The molecule has 0 spiro atoms. The zero-order chi connectivity index (χ0) is 51.2. The SMILES string of the molecule is CCC1CCC(Oc2ccc3ccc([C@@H](C)N4C5CCC4CC(C(=O)O)C5)cc3c2C(F)(F)F)CC1.CCC1CCC(Oc2ccc3ccc([C@H](C)N4C5CCC4CC(C(=O)O)C5)cc3c2C(F)(F)F)CC1. The van der Waals surface area contributed by atoms with E-state index in [1.807, 2.05) is 26.0 Å². The van der Waals surface area contributed by atoms with Crippen LogP contribution >= 0.6 is 0 Å². The number of nitrogens with zero attached hydrogens (tertiary/aromatic N) is 2. The lowest BCUT2D eigenvalue weighted by molar-refractivity contribution is -0.145. The van der Waals surface area contributed by atoms with Gasteiger partial charge >= 0.3 is 24.3 Å². The average molecular weight is 1010 g/mol. The van der Waals surface area contributed by atoms with Crippen molar-refractivity contribution in [1.82, 2.24) is 9.80 Å². The summed E-state index contributed by atoms with van der Waals surface area (Å²) in [4.78, 5) is 27.8. The number of alkyl halides is 6. The molecular weight excluding hydrogens is 935 g/mol. The van der Waals surface area contributed by atoms with Crippen LogP contribution in [0.4, 0.5) is 26.3 Å². The van der Waals surface area contributed by atoms with Crippen LogP contribution in [-0.4, -0.2) is 68.3 Å². The molecule has 4 aliphatic heterocycles. The Kier molecular flexibility index (Phi) is 15.5. The lowest BCUT2D eigenvalue weighted by Gasteiger charge is -2.41. The van der Waals surface area contributed by atoms with Crippen molar-refractivity contribution in [2.75, 3.05) is 0 Å². The summed E-state index contributed by atoms with van der Waals surface area (Å²) in [7, 11) is 0. The highest BCUT2D eigenvalue weighted by Crippen LogP contribution is 2.49. The Bertz CT molecular complexity index is 2360. The molecule has 8 nitrogen and oxygen atoms in total. The molecule has 10 rings (SSSR count). The van der Waals surface area contributed by atoms with Crippen molar-refractivity contribution in [3.8, 4) is 11.5 Å². The molecule has 392 valence electrons. The highest BCUT2D eigenvalue weighted by atomic mass is 19.4. The Morgan fingerprint density at radius 2 is 0.847 bits per heavy atom. The third-order valence-corrected chi connectivity index (χ3v) is 18.0. The van der Waals surface area contributed by atoms with E-state index in [1.54, 1.807) is 36.4 Å². The molecule has 0 amide bonds. The van der Waals surface area contributed by atoms with Gasteiger partial charge in [0.05, 0.1) is 24.0 Å². The Balaban J connectivity index is 0.000000178. The van der Waals surface area contributed by atoms with Gasteiger partial charge < -0.3 is 19.7 Å². The first-order valence-electron chi connectivity index (χ1n) is 26.9. The molecule has 6 fully saturated rings. The Labute approximate surface area is 419 Å². The Morgan fingerprint density at radius 1 is 0.528 bits per heavy atom. The lowest BCUT2D eigenvalue weighted by atomic mass is 9.86. The maximum atomic E-state index is 14.4. The van der Waals surface area contributed by atoms with Gasteiger partial charge in [-0.05, 0) is 185 Å². The molecule has 14 heteroatoms. The van der Waals surface area contributed by atoms with Crippen molar-refractivity contribution in [2.45, 2.75) is 204 Å². The van der Waals surface area contributed by atoms with E-state index >= 15 is 0 Å². The molecule has 2 N–H and O–H groups in total. The largest absolute Gasteiger partial charge is 0.490 e. The van der Waals surface area contributed by atoms with Crippen LogP contribution in [0.3, 0.4) is 0 Å². The topological polar surface area (TPSA) is 99.5 Å². The van der Waals surface area contributed by atoms with Crippen molar-refractivity contribution in [1.29, 1.82) is 0 Å². The van der Waals surface area contributed by atoms with Crippen LogP contribution in [-0.2, 0) is 21.9 Å². The van der Waals surface area contributed by atoms with Crippen LogP contribution in [0.25, 0.3) is 21.5 Å². The summed E-state index contributed by atoms with van der Waals surface area (Å²) in [5, 5.41) is 20.5. The number of carboxylic acids is 2. The van der Waals surface area contributed by atoms with E-state index in [-0.39, 0.29) is 82.6 Å². The second kappa shape index (κ2) is 21.4. The second-order valence-corrected chi connectivity index (χ2v) is 22.2. The van der Waals surface area contributed by atoms with Crippen molar-refractivity contribution < 1.29 is 55.6 Å². The molecule has 4 saturated heterocycles. The Morgan fingerprint density at radius 3 is 1.14 bits per heavy atom. The summed E-state index contributed by atoms with van der Waals surface area (Å²) in [6.07, 6.45) is 6.14. The fourth-order valence-corrected chi connectivity index (χ4v) is 14.0. The fraction of sp³-hybridized carbons (Fsp3) is 0.621. The van der Waals surface area contributed by atoms with Gasteiger partial charge in [-0.25, -0.2) is 0 Å². The van der Waals surface area contributed by atoms with Gasteiger partial charge in [0.15, 0.2) is 0 Å². The van der Waals surface area contributed by atoms with Crippen LogP contribution in [0, 0.1) is 23.7 Å². The molecule has 2 saturated carbocycles. The molecule has 0 radical (unpaired) electrons. The number of benzene rings is 4. The van der Waals surface area contributed by atoms with E-state index in [0.717, 1.165) is 101 Å². The zero-order valence-corrected chi connectivity index (χ0v) is 42.1. The quantitative estimate of drug-likeness (QED) is 0.135. The molecule has 4 unspecified atom stereocenters. The number of rotatable bonds is 12. The average Bonchev–Trinajstić information content (AvgIpc) is 3.77. The van der Waals surface area contributed by atoms with E-state index in [1.165, 1.54) is 12.1 Å². The minimum atomic E-state index is -4.53. The zero-order valence-electron chi connectivity index (χ0n) is 42.1. The van der Waals surface area contributed by atoms with Gasteiger partial charge in [0.1, 0.15) is 22.6 Å². The number of hydrogen-bond acceptors (Lipinski definition) is 6. The molecule has 4 aromatic rings. The molecule has 4 aromatic carbocycles. The normalized spacial score (nSPS) is 29.9. The molecule has 4 heterocycles. The van der Waals surface area contributed by atoms with Gasteiger partial charge in [-0.15, -0.1) is 0 Å². The minimum absolute atomic E-state index is 0.0675. The maximum Gasteiger partial charge on any atom is 0.420 e. The first kappa shape index (κ1) is 52.3. The number of halogens is 6. The van der Waals surface area contributed by atoms with Crippen LogP contribution in [0.15, 0.2) is 60.7 Å². The molecule has 6 aliphatic rings. The lowest BCUT2D eigenvalue weighted by Crippen LogP contribution is -2.45. The monoisotopic (exact) mass is 1010 g/mol. The van der Waals surface area contributed by atoms with Gasteiger partial charge in [-0.3, -0.25) is 19.4 Å². The summed E-state index contributed by atoms with van der Waals surface area (Å²) in [5.41, 5.74) is 0.303. The molecule has 6 atom stereocenters. The first-order valence-corrected chi connectivity index (χ1v) is 26.9. The van der Waals surface area contributed by atoms with E-state index in [4.69, 9.17) is 9.47 Å². The molecule has 4 bridgehead atoms. The molecule has 0 aromatic heterocycles. The van der Waals surface area contributed by atoms with Crippen molar-refractivity contribution in [2.24, 2.45) is 23.7 Å². The summed E-state index contributed by atoms with van der Waals surface area (Å²) >= 11 is 0.